The van der Waals surface area contributed by atoms with Gasteiger partial charge in [-0.05, 0) is 23.9 Å². The topological polar surface area (TPSA) is 74.0 Å². The molecule has 0 N–H and O–H groups in total. The van der Waals surface area contributed by atoms with Crippen molar-refractivity contribution in [2.24, 2.45) is 0 Å². The number of pyridine rings is 2. The summed E-state index contributed by atoms with van der Waals surface area (Å²) in [5.41, 5.74) is 0.326. The van der Waals surface area contributed by atoms with Crippen LogP contribution >= 0.6 is 0 Å². The SMILES string of the molecule is Fc1c[c-]c(-c2ccccn2)c(F)c1.O=C([N-]C(=O)C(F)(F)F)c1ccccn1.[Ir]. The Bertz CT molecular complexity index is 986. The molecule has 0 aliphatic rings. The Morgan fingerprint density at radius 1 is 0.967 bits per heavy atom. The number of imide groups is 1. The molecule has 2 amide bonds. The molecular formula is C19H10F5IrN3O2-2. The summed E-state index contributed by atoms with van der Waals surface area (Å²) < 4.78 is 60.9. The molecule has 0 saturated carbocycles. The number of amides is 2. The van der Waals surface area contributed by atoms with Crippen molar-refractivity contribution in [3.63, 3.8) is 0 Å². The fraction of sp³-hybridized carbons (Fsp3) is 0.0526. The standard InChI is InChI=1S/C11H6F2N.C8H5F3N2O2.Ir/c12-8-4-5-9(10(13)7-8)11-3-1-2-6-14-11;9-8(10,11)7(15)13-6(14)5-3-1-2-4-12-5;/h1-4,6-7H;1-4H,(H,13,14,15);/q-1;;/p-1. The third-order valence-electron chi connectivity index (χ3n) is 3.11. The van der Waals surface area contributed by atoms with Crippen molar-refractivity contribution in [1.29, 1.82) is 0 Å². The second-order valence-electron chi connectivity index (χ2n) is 5.19. The van der Waals surface area contributed by atoms with Crippen molar-refractivity contribution in [2.45, 2.75) is 6.18 Å². The Morgan fingerprint density at radius 2 is 1.60 bits per heavy atom. The average Bonchev–Trinajstić information content (AvgIpc) is 2.69. The molecule has 0 aliphatic heterocycles. The van der Waals surface area contributed by atoms with Gasteiger partial charge >= 0.3 is 6.18 Å². The van der Waals surface area contributed by atoms with E-state index in [1.807, 2.05) is 0 Å². The molecule has 0 fully saturated rings. The maximum atomic E-state index is 13.2. The van der Waals surface area contributed by atoms with Gasteiger partial charge in [-0.3, -0.25) is 13.8 Å². The summed E-state index contributed by atoms with van der Waals surface area (Å²) in [4.78, 5) is 28.7. The Hall–Kier alpha value is -3.04. The van der Waals surface area contributed by atoms with Crippen molar-refractivity contribution in [3.05, 3.63) is 89.6 Å². The Balaban J connectivity index is 0.000000291. The number of carbonyl (C=O) groups excluding carboxylic acids is 2. The summed E-state index contributed by atoms with van der Waals surface area (Å²) in [6.45, 7) is 0. The molecule has 5 nitrogen and oxygen atoms in total. The fourth-order valence-corrected chi connectivity index (χ4v) is 1.85. The number of nitrogens with zero attached hydrogens (tertiary/aromatic N) is 3. The second-order valence-corrected chi connectivity index (χ2v) is 5.19. The van der Waals surface area contributed by atoms with E-state index in [-0.39, 0.29) is 31.4 Å². The van der Waals surface area contributed by atoms with Gasteiger partial charge in [0.05, 0.1) is 5.69 Å². The van der Waals surface area contributed by atoms with Crippen molar-refractivity contribution in [3.8, 4) is 11.3 Å². The maximum Gasteiger partial charge on any atom is 0.432 e. The van der Waals surface area contributed by atoms with Gasteiger partial charge in [0, 0.05) is 44.1 Å². The van der Waals surface area contributed by atoms with Crippen molar-refractivity contribution in [1.82, 2.24) is 9.97 Å². The van der Waals surface area contributed by atoms with E-state index in [9.17, 15) is 31.5 Å². The zero-order valence-electron chi connectivity index (χ0n) is 14.7. The van der Waals surface area contributed by atoms with E-state index in [0.717, 1.165) is 18.2 Å². The third-order valence-corrected chi connectivity index (χ3v) is 3.11. The number of alkyl halides is 3. The predicted octanol–water partition coefficient (Wildman–Crippen LogP) is 4.51. The fourth-order valence-electron chi connectivity index (χ4n) is 1.85. The van der Waals surface area contributed by atoms with Gasteiger partial charge in [-0.25, -0.2) is 0 Å². The molecule has 0 saturated heterocycles. The van der Waals surface area contributed by atoms with E-state index in [1.54, 1.807) is 24.4 Å². The molecule has 0 aliphatic carbocycles. The summed E-state index contributed by atoms with van der Waals surface area (Å²) in [5, 5.41) is 2.35. The van der Waals surface area contributed by atoms with Gasteiger partial charge in [-0.15, -0.1) is 12.1 Å². The molecule has 159 valence electrons. The first-order valence-corrected chi connectivity index (χ1v) is 7.75. The van der Waals surface area contributed by atoms with Gasteiger partial charge in [0.25, 0.3) is 0 Å². The average molecular weight is 600 g/mol. The van der Waals surface area contributed by atoms with E-state index in [0.29, 0.717) is 5.69 Å². The van der Waals surface area contributed by atoms with E-state index in [1.165, 1.54) is 18.3 Å². The van der Waals surface area contributed by atoms with Crippen LogP contribution in [-0.2, 0) is 24.9 Å². The molecule has 0 atom stereocenters. The minimum Gasteiger partial charge on any atom is -0.583 e. The van der Waals surface area contributed by atoms with Crippen LogP contribution in [0.1, 0.15) is 10.5 Å². The first kappa shape index (κ1) is 25.0. The molecule has 1 radical (unpaired) electrons. The smallest absolute Gasteiger partial charge is 0.432 e. The molecular weight excluding hydrogens is 589 g/mol. The summed E-state index contributed by atoms with van der Waals surface area (Å²) in [6.07, 6.45) is -2.38. The first-order valence-electron chi connectivity index (χ1n) is 7.75. The van der Waals surface area contributed by atoms with Crippen LogP contribution in [-0.4, -0.2) is 28.0 Å². The number of carbonyl (C=O) groups is 2. The molecule has 0 unspecified atom stereocenters. The Kier molecular flexibility index (Phi) is 9.35. The summed E-state index contributed by atoms with van der Waals surface area (Å²) in [7, 11) is 0. The number of halogens is 5. The normalized spacial score (nSPS) is 10.2. The number of benzene rings is 1. The zero-order chi connectivity index (χ0) is 21.4. The maximum absolute atomic E-state index is 13.2. The Labute approximate surface area is 180 Å². The Morgan fingerprint density at radius 3 is 2.10 bits per heavy atom. The first-order chi connectivity index (χ1) is 13.7. The number of hydrogen-bond donors (Lipinski definition) is 0. The van der Waals surface area contributed by atoms with Crippen LogP contribution in [0.2, 0.25) is 0 Å². The molecule has 0 spiro atoms. The van der Waals surface area contributed by atoms with Crippen LogP contribution in [0.3, 0.4) is 0 Å². The molecule has 3 rings (SSSR count). The van der Waals surface area contributed by atoms with Gasteiger partial charge < -0.3 is 19.9 Å². The van der Waals surface area contributed by atoms with Crippen molar-refractivity contribution in [2.75, 3.05) is 0 Å². The van der Waals surface area contributed by atoms with Crippen LogP contribution in [0, 0.1) is 17.7 Å². The number of rotatable bonds is 2. The molecule has 1 aromatic carbocycles. The van der Waals surface area contributed by atoms with Crippen molar-refractivity contribution >= 4 is 11.8 Å². The van der Waals surface area contributed by atoms with E-state index >= 15 is 0 Å². The monoisotopic (exact) mass is 600 g/mol. The second kappa shape index (κ2) is 11.2. The van der Waals surface area contributed by atoms with Crippen LogP contribution < -0.4 is 0 Å². The van der Waals surface area contributed by atoms with Crippen LogP contribution in [0.25, 0.3) is 16.6 Å². The summed E-state index contributed by atoms with van der Waals surface area (Å²) in [5.74, 6) is -5.03. The minimum absolute atomic E-state index is 0. The van der Waals surface area contributed by atoms with Crippen LogP contribution in [0.5, 0.6) is 0 Å². The van der Waals surface area contributed by atoms with Gasteiger partial charge in [0.1, 0.15) is 5.91 Å². The van der Waals surface area contributed by atoms with Gasteiger partial charge in [-0.1, -0.05) is 29.8 Å². The predicted molar refractivity (Wildman–Crippen MR) is 91.4 cm³/mol. The molecule has 2 aromatic heterocycles. The van der Waals surface area contributed by atoms with Gasteiger partial charge in [0.15, 0.2) is 5.91 Å². The largest absolute Gasteiger partial charge is 0.583 e. The minimum atomic E-state index is -5.13. The van der Waals surface area contributed by atoms with Crippen LogP contribution in [0.4, 0.5) is 22.0 Å². The molecule has 30 heavy (non-hydrogen) atoms. The van der Waals surface area contributed by atoms with Gasteiger partial charge in [-0.2, -0.15) is 13.2 Å². The van der Waals surface area contributed by atoms with Gasteiger partial charge in [0.2, 0.25) is 0 Å². The van der Waals surface area contributed by atoms with E-state index in [4.69, 9.17) is 0 Å². The third kappa shape index (κ3) is 7.41. The van der Waals surface area contributed by atoms with E-state index < -0.39 is 29.6 Å². The summed E-state index contributed by atoms with van der Waals surface area (Å²) >= 11 is 0. The molecule has 11 heteroatoms. The molecule has 3 aromatic rings. The van der Waals surface area contributed by atoms with Crippen molar-refractivity contribution < 1.29 is 51.6 Å². The molecule has 2 heterocycles. The number of aromatic nitrogens is 2. The summed E-state index contributed by atoms with van der Waals surface area (Å²) in [6, 6.07) is 13.6. The number of hydrogen-bond acceptors (Lipinski definition) is 4. The quantitative estimate of drug-likeness (QED) is 0.321. The van der Waals surface area contributed by atoms with E-state index in [2.05, 4.69) is 21.4 Å². The molecule has 0 bridgehead atoms. The zero-order valence-corrected chi connectivity index (χ0v) is 17.0. The van der Waals surface area contributed by atoms with Crippen LogP contribution in [0.15, 0.2) is 60.9 Å².